The first-order chi connectivity index (χ1) is 11.0. The summed E-state index contributed by atoms with van der Waals surface area (Å²) in [4.78, 5) is 29.7. The van der Waals surface area contributed by atoms with Crippen molar-refractivity contribution in [1.82, 2.24) is 9.97 Å². The van der Waals surface area contributed by atoms with Crippen LogP contribution in [-0.4, -0.2) is 15.9 Å². The van der Waals surface area contributed by atoms with Gasteiger partial charge in [-0.3, -0.25) is 14.6 Å². The molecular weight excluding hydrogens is 310 g/mol. The van der Waals surface area contributed by atoms with E-state index in [9.17, 15) is 9.59 Å². The maximum Gasteiger partial charge on any atom is 0.259 e. The molecule has 0 spiro atoms. The van der Waals surface area contributed by atoms with Gasteiger partial charge in [-0.15, -0.1) is 0 Å². The molecule has 3 aromatic rings. The number of benzene rings is 2. The second-order valence-electron chi connectivity index (χ2n) is 5.37. The van der Waals surface area contributed by atoms with Crippen molar-refractivity contribution in [2.45, 2.75) is 13.8 Å². The summed E-state index contributed by atoms with van der Waals surface area (Å²) in [6.45, 7) is 3.95. The number of H-pyrrole nitrogens is 2. The second-order valence-corrected chi connectivity index (χ2v) is 5.78. The summed E-state index contributed by atoms with van der Waals surface area (Å²) in [5.74, 6) is -0.236. The number of aromatic nitrogens is 2. The number of anilines is 1. The highest BCUT2D eigenvalue weighted by atomic mass is 32.1. The van der Waals surface area contributed by atoms with Gasteiger partial charge >= 0.3 is 0 Å². The standard InChI is InChI=1S/C17H15N3O2S/c1-9-4-3-5-13(10(9)2)18-15(21)11-6-7-12-14(8-11)19-17(23)20-16(12)22/h3-8H,1-2H3,(H,18,21)(H2,19,20,22,23). The van der Waals surface area contributed by atoms with Gasteiger partial charge in [0.25, 0.3) is 11.5 Å². The maximum absolute atomic E-state index is 12.5. The molecule has 0 saturated heterocycles. The lowest BCUT2D eigenvalue weighted by molar-refractivity contribution is 0.102. The SMILES string of the molecule is Cc1cccc(NC(=O)c2ccc3c(=O)[nH]c(=S)[nH]c3c2)c1C. The molecule has 23 heavy (non-hydrogen) atoms. The van der Waals surface area contributed by atoms with Crippen molar-refractivity contribution in [2.24, 2.45) is 0 Å². The predicted molar refractivity (Wildman–Crippen MR) is 93.6 cm³/mol. The van der Waals surface area contributed by atoms with E-state index in [1.165, 1.54) is 0 Å². The van der Waals surface area contributed by atoms with Gasteiger partial charge < -0.3 is 10.3 Å². The topological polar surface area (TPSA) is 77.8 Å². The molecular formula is C17H15N3O2S. The molecule has 0 fully saturated rings. The fraction of sp³-hybridized carbons (Fsp3) is 0.118. The number of amides is 1. The third-order valence-corrected chi connectivity index (χ3v) is 4.06. The Morgan fingerprint density at radius 3 is 2.70 bits per heavy atom. The average molecular weight is 325 g/mol. The zero-order valence-corrected chi connectivity index (χ0v) is 13.5. The van der Waals surface area contributed by atoms with Crippen LogP contribution in [-0.2, 0) is 0 Å². The molecule has 6 heteroatoms. The minimum atomic E-state index is -0.273. The number of hydrogen-bond donors (Lipinski definition) is 3. The van der Waals surface area contributed by atoms with Gasteiger partial charge in [0.1, 0.15) is 0 Å². The Hall–Kier alpha value is -2.73. The zero-order chi connectivity index (χ0) is 16.6. The van der Waals surface area contributed by atoms with Crippen LogP contribution in [0.2, 0.25) is 0 Å². The number of rotatable bonds is 2. The smallest absolute Gasteiger partial charge is 0.259 e. The minimum absolute atomic E-state index is 0.231. The van der Waals surface area contributed by atoms with Crippen LogP contribution in [0.5, 0.6) is 0 Å². The molecule has 0 aliphatic carbocycles. The highest BCUT2D eigenvalue weighted by Gasteiger charge is 2.10. The molecule has 5 nitrogen and oxygen atoms in total. The van der Waals surface area contributed by atoms with E-state index >= 15 is 0 Å². The minimum Gasteiger partial charge on any atom is -0.332 e. The molecule has 0 atom stereocenters. The van der Waals surface area contributed by atoms with Crippen molar-refractivity contribution in [1.29, 1.82) is 0 Å². The van der Waals surface area contributed by atoms with Gasteiger partial charge in [0, 0.05) is 11.3 Å². The van der Waals surface area contributed by atoms with Gasteiger partial charge in [0.15, 0.2) is 4.77 Å². The van der Waals surface area contributed by atoms with Crippen molar-refractivity contribution in [3.05, 3.63) is 68.2 Å². The molecule has 0 bridgehead atoms. The second kappa shape index (κ2) is 5.81. The summed E-state index contributed by atoms with van der Waals surface area (Å²) in [7, 11) is 0. The number of carbonyl (C=O) groups is 1. The molecule has 0 unspecified atom stereocenters. The summed E-state index contributed by atoms with van der Waals surface area (Å²) in [5, 5.41) is 3.36. The van der Waals surface area contributed by atoms with Gasteiger partial charge in [-0.1, -0.05) is 12.1 Å². The molecule has 2 aromatic carbocycles. The summed E-state index contributed by atoms with van der Waals surface area (Å²) < 4.78 is 0.231. The molecule has 0 aliphatic heterocycles. The van der Waals surface area contributed by atoms with Crippen LogP contribution in [0, 0.1) is 18.6 Å². The monoisotopic (exact) mass is 325 g/mol. The van der Waals surface area contributed by atoms with Crippen LogP contribution in [0.4, 0.5) is 5.69 Å². The quantitative estimate of drug-likeness (QED) is 0.632. The first-order valence-electron chi connectivity index (χ1n) is 7.09. The molecule has 0 aliphatic rings. The van der Waals surface area contributed by atoms with Gasteiger partial charge in [-0.05, 0) is 61.5 Å². The van der Waals surface area contributed by atoms with E-state index in [1.54, 1.807) is 18.2 Å². The first-order valence-corrected chi connectivity index (χ1v) is 7.50. The lowest BCUT2D eigenvalue weighted by Crippen LogP contribution is -2.14. The van der Waals surface area contributed by atoms with E-state index in [1.807, 2.05) is 32.0 Å². The lowest BCUT2D eigenvalue weighted by Gasteiger charge is -2.10. The Bertz CT molecular complexity index is 1030. The molecule has 116 valence electrons. The molecule has 3 N–H and O–H groups in total. The van der Waals surface area contributed by atoms with E-state index in [4.69, 9.17) is 12.2 Å². The lowest BCUT2D eigenvalue weighted by atomic mass is 10.1. The number of hydrogen-bond acceptors (Lipinski definition) is 3. The van der Waals surface area contributed by atoms with Gasteiger partial charge in [-0.2, -0.15) is 0 Å². The van der Waals surface area contributed by atoms with Crippen molar-refractivity contribution >= 4 is 34.7 Å². The number of nitrogens with one attached hydrogen (secondary N) is 3. The molecule has 1 heterocycles. The highest BCUT2D eigenvalue weighted by Crippen LogP contribution is 2.19. The van der Waals surface area contributed by atoms with Crippen molar-refractivity contribution in [3.8, 4) is 0 Å². The largest absolute Gasteiger partial charge is 0.332 e. The Morgan fingerprint density at radius 1 is 1.13 bits per heavy atom. The van der Waals surface area contributed by atoms with E-state index in [0.717, 1.165) is 16.8 Å². The number of carbonyl (C=O) groups excluding carboxylic acids is 1. The van der Waals surface area contributed by atoms with Crippen LogP contribution >= 0.6 is 12.2 Å². The Morgan fingerprint density at radius 2 is 1.91 bits per heavy atom. The Labute approximate surface area is 137 Å². The molecule has 3 rings (SSSR count). The van der Waals surface area contributed by atoms with E-state index < -0.39 is 0 Å². The van der Waals surface area contributed by atoms with E-state index in [0.29, 0.717) is 16.5 Å². The van der Waals surface area contributed by atoms with Crippen LogP contribution < -0.4 is 10.9 Å². The molecule has 0 radical (unpaired) electrons. The zero-order valence-electron chi connectivity index (χ0n) is 12.7. The summed E-state index contributed by atoms with van der Waals surface area (Å²) in [6, 6.07) is 10.6. The van der Waals surface area contributed by atoms with E-state index in [-0.39, 0.29) is 16.2 Å². The Balaban J connectivity index is 2.00. The third kappa shape index (κ3) is 2.93. The molecule has 0 saturated carbocycles. The van der Waals surface area contributed by atoms with Gasteiger partial charge in [-0.25, -0.2) is 0 Å². The molecule has 1 amide bonds. The number of aryl methyl sites for hydroxylation is 1. The fourth-order valence-corrected chi connectivity index (χ4v) is 2.59. The van der Waals surface area contributed by atoms with Crippen LogP contribution in [0.3, 0.4) is 0 Å². The van der Waals surface area contributed by atoms with Crippen molar-refractivity contribution < 1.29 is 4.79 Å². The summed E-state index contributed by atoms with van der Waals surface area (Å²) in [5.41, 5.74) is 3.62. The predicted octanol–water partition coefficient (Wildman–Crippen LogP) is 3.45. The Kier molecular flexibility index (Phi) is 3.83. The van der Waals surface area contributed by atoms with Crippen molar-refractivity contribution in [2.75, 3.05) is 5.32 Å². The van der Waals surface area contributed by atoms with E-state index in [2.05, 4.69) is 15.3 Å². The fourth-order valence-electron chi connectivity index (χ4n) is 2.39. The third-order valence-electron chi connectivity index (χ3n) is 3.85. The van der Waals surface area contributed by atoms with Crippen LogP contribution in [0.25, 0.3) is 10.9 Å². The van der Waals surface area contributed by atoms with Gasteiger partial charge in [0.2, 0.25) is 0 Å². The number of fused-ring (bicyclic) bond motifs is 1. The highest BCUT2D eigenvalue weighted by molar-refractivity contribution is 7.71. The first kappa shape index (κ1) is 15.2. The molecule has 1 aromatic heterocycles. The van der Waals surface area contributed by atoms with Gasteiger partial charge in [0.05, 0.1) is 10.9 Å². The summed E-state index contributed by atoms with van der Waals surface area (Å²) in [6.07, 6.45) is 0. The normalized spacial score (nSPS) is 10.7. The number of aromatic amines is 2. The average Bonchev–Trinajstić information content (AvgIpc) is 2.51. The maximum atomic E-state index is 12.5. The van der Waals surface area contributed by atoms with Crippen molar-refractivity contribution in [3.63, 3.8) is 0 Å². The van der Waals surface area contributed by atoms with Crippen LogP contribution in [0.1, 0.15) is 21.5 Å². The van der Waals surface area contributed by atoms with Crippen LogP contribution in [0.15, 0.2) is 41.2 Å². The summed E-state index contributed by atoms with van der Waals surface area (Å²) >= 11 is 4.96.